The lowest BCUT2D eigenvalue weighted by atomic mass is 10.3. The van der Waals surface area contributed by atoms with Gasteiger partial charge in [-0.15, -0.1) is 0 Å². The summed E-state index contributed by atoms with van der Waals surface area (Å²) in [5.41, 5.74) is 7.06. The largest absolute Gasteiger partial charge is 0.396 e. The van der Waals surface area contributed by atoms with E-state index in [1.807, 2.05) is 0 Å². The smallest absolute Gasteiger partial charge is 0.148 e. The highest BCUT2D eigenvalue weighted by Gasteiger charge is 1.98. The van der Waals surface area contributed by atoms with Crippen molar-refractivity contribution >= 4 is 17.2 Å². The van der Waals surface area contributed by atoms with Gasteiger partial charge in [-0.2, -0.15) is 0 Å². The topological polar surface area (TPSA) is 76.7 Å². The Kier molecular flexibility index (Phi) is 2.22. The molecule has 2 aromatic heterocycles. The summed E-state index contributed by atoms with van der Waals surface area (Å²) >= 11 is 0. The Labute approximate surface area is 81.0 Å². The average molecular weight is 187 g/mol. The van der Waals surface area contributed by atoms with Gasteiger partial charge in [0.25, 0.3) is 0 Å². The van der Waals surface area contributed by atoms with E-state index in [2.05, 4.69) is 20.3 Å². The zero-order valence-electron chi connectivity index (χ0n) is 7.38. The van der Waals surface area contributed by atoms with Crippen LogP contribution >= 0.6 is 0 Å². The lowest BCUT2D eigenvalue weighted by Crippen LogP contribution is -1.98. The fourth-order valence-electron chi connectivity index (χ4n) is 1.02. The summed E-state index contributed by atoms with van der Waals surface area (Å²) in [7, 11) is 0. The first kappa shape index (κ1) is 8.43. The minimum atomic E-state index is 0.582. The number of nitrogens with two attached hydrogens (primary N) is 1. The monoisotopic (exact) mass is 187 g/mol. The maximum absolute atomic E-state index is 5.70. The Bertz CT molecular complexity index is 415. The van der Waals surface area contributed by atoms with Gasteiger partial charge < -0.3 is 11.1 Å². The predicted molar refractivity (Wildman–Crippen MR) is 54.0 cm³/mol. The quantitative estimate of drug-likeness (QED) is 0.738. The van der Waals surface area contributed by atoms with Crippen molar-refractivity contribution in [1.82, 2.24) is 15.0 Å². The highest BCUT2D eigenvalue weighted by atomic mass is 15.0. The van der Waals surface area contributed by atoms with E-state index >= 15 is 0 Å². The van der Waals surface area contributed by atoms with Gasteiger partial charge in [0.15, 0.2) is 0 Å². The number of nitrogens with one attached hydrogen (secondary N) is 1. The number of hydrogen-bond acceptors (Lipinski definition) is 5. The number of nitrogens with zero attached hydrogens (tertiary/aromatic N) is 3. The lowest BCUT2D eigenvalue weighted by molar-refractivity contribution is 1.20. The van der Waals surface area contributed by atoms with Gasteiger partial charge in [-0.25, -0.2) is 4.98 Å². The van der Waals surface area contributed by atoms with Gasteiger partial charge in [0.05, 0.1) is 23.8 Å². The number of hydrogen-bond donors (Lipinski definition) is 2. The van der Waals surface area contributed by atoms with Gasteiger partial charge in [0.2, 0.25) is 0 Å². The highest BCUT2D eigenvalue weighted by molar-refractivity contribution is 5.69. The molecule has 0 unspecified atom stereocenters. The van der Waals surface area contributed by atoms with E-state index in [1.165, 1.54) is 0 Å². The van der Waals surface area contributed by atoms with E-state index in [0.29, 0.717) is 11.5 Å². The van der Waals surface area contributed by atoms with Crippen LogP contribution in [-0.2, 0) is 0 Å². The lowest BCUT2D eigenvalue weighted by Gasteiger charge is -2.06. The predicted octanol–water partition coefficient (Wildman–Crippen LogP) is 1.20. The second kappa shape index (κ2) is 3.69. The maximum Gasteiger partial charge on any atom is 0.148 e. The van der Waals surface area contributed by atoms with Crippen molar-refractivity contribution in [2.75, 3.05) is 11.1 Å². The number of pyridine rings is 1. The van der Waals surface area contributed by atoms with Crippen LogP contribution in [0.1, 0.15) is 0 Å². The Morgan fingerprint density at radius 3 is 2.64 bits per heavy atom. The molecule has 0 aliphatic carbocycles. The van der Waals surface area contributed by atoms with Crippen LogP contribution in [-0.4, -0.2) is 15.0 Å². The van der Waals surface area contributed by atoms with Gasteiger partial charge in [0.1, 0.15) is 5.82 Å². The molecule has 2 aromatic rings. The van der Waals surface area contributed by atoms with E-state index in [0.717, 1.165) is 5.69 Å². The van der Waals surface area contributed by atoms with E-state index in [9.17, 15) is 0 Å². The van der Waals surface area contributed by atoms with Crippen LogP contribution in [0.3, 0.4) is 0 Å². The normalized spacial score (nSPS) is 9.71. The van der Waals surface area contributed by atoms with Gasteiger partial charge >= 0.3 is 0 Å². The molecule has 0 spiro atoms. The molecular formula is C9H9N5. The average Bonchev–Trinajstić information content (AvgIpc) is 2.23. The van der Waals surface area contributed by atoms with E-state index in [4.69, 9.17) is 5.73 Å². The summed E-state index contributed by atoms with van der Waals surface area (Å²) in [6, 6.07) is 1.78. The van der Waals surface area contributed by atoms with Crippen LogP contribution in [0.15, 0.2) is 37.1 Å². The second-order valence-electron chi connectivity index (χ2n) is 2.68. The summed E-state index contributed by atoms with van der Waals surface area (Å²) < 4.78 is 0. The van der Waals surface area contributed by atoms with Crippen LogP contribution in [0, 0.1) is 0 Å². The first-order chi connectivity index (χ1) is 6.86. The highest BCUT2D eigenvalue weighted by Crippen LogP contribution is 2.18. The van der Waals surface area contributed by atoms with Gasteiger partial charge in [0, 0.05) is 18.6 Å². The molecule has 0 fully saturated rings. The van der Waals surface area contributed by atoms with E-state index in [1.54, 1.807) is 37.1 Å². The summed E-state index contributed by atoms with van der Waals surface area (Å²) in [5, 5.41) is 3.03. The molecule has 0 aromatic carbocycles. The first-order valence-corrected chi connectivity index (χ1v) is 4.09. The third-order valence-corrected chi connectivity index (χ3v) is 1.68. The van der Waals surface area contributed by atoms with Crippen molar-refractivity contribution in [2.24, 2.45) is 0 Å². The van der Waals surface area contributed by atoms with Crippen LogP contribution in [0.4, 0.5) is 17.2 Å². The third kappa shape index (κ3) is 1.77. The van der Waals surface area contributed by atoms with Crippen molar-refractivity contribution in [3.05, 3.63) is 37.1 Å². The van der Waals surface area contributed by atoms with Gasteiger partial charge in [-0.05, 0) is 6.07 Å². The molecule has 0 aliphatic heterocycles. The van der Waals surface area contributed by atoms with Crippen molar-refractivity contribution in [3.63, 3.8) is 0 Å². The summed E-state index contributed by atoms with van der Waals surface area (Å²) in [6.07, 6.45) is 8.09. The van der Waals surface area contributed by atoms with Gasteiger partial charge in [-0.3, -0.25) is 9.97 Å². The van der Waals surface area contributed by atoms with E-state index < -0.39 is 0 Å². The van der Waals surface area contributed by atoms with Crippen molar-refractivity contribution in [3.8, 4) is 0 Å². The van der Waals surface area contributed by atoms with Crippen molar-refractivity contribution in [2.45, 2.75) is 0 Å². The summed E-state index contributed by atoms with van der Waals surface area (Å²) in [6.45, 7) is 0. The molecule has 0 saturated carbocycles. The molecule has 0 bridgehead atoms. The molecular weight excluding hydrogens is 178 g/mol. The zero-order chi connectivity index (χ0) is 9.80. The fraction of sp³-hybridized carbons (Fsp3) is 0. The number of nitrogen functional groups attached to an aromatic ring is 1. The molecule has 5 nitrogen and oxygen atoms in total. The Morgan fingerprint density at radius 1 is 1.07 bits per heavy atom. The first-order valence-electron chi connectivity index (χ1n) is 4.09. The molecule has 0 radical (unpaired) electrons. The van der Waals surface area contributed by atoms with Crippen LogP contribution in [0.25, 0.3) is 0 Å². The third-order valence-electron chi connectivity index (χ3n) is 1.68. The van der Waals surface area contributed by atoms with Crippen LogP contribution < -0.4 is 11.1 Å². The molecule has 0 amide bonds. The van der Waals surface area contributed by atoms with Gasteiger partial charge in [-0.1, -0.05) is 0 Å². The number of anilines is 3. The molecule has 0 saturated heterocycles. The van der Waals surface area contributed by atoms with E-state index in [-0.39, 0.29) is 0 Å². The Morgan fingerprint density at radius 2 is 1.93 bits per heavy atom. The van der Waals surface area contributed by atoms with Crippen molar-refractivity contribution in [1.29, 1.82) is 0 Å². The fourth-order valence-corrected chi connectivity index (χ4v) is 1.02. The minimum absolute atomic E-state index is 0.582. The standard InChI is InChI=1S/C9H9N5/c10-7-5-11-2-1-8(7)14-9-6-12-3-4-13-9/h1-6H,10H2,(H,11,13,14). The molecule has 3 N–H and O–H groups in total. The molecule has 2 heterocycles. The minimum Gasteiger partial charge on any atom is -0.396 e. The van der Waals surface area contributed by atoms with Crippen LogP contribution in [0.5, 0.6) is 0 Å². The summed E-state index contributed by atoms with van der Waals surface area (Å²) in [4.78, 5) is 11.9. The maximum atomic E-state index is 5.70. The molecule has 14 heavy (non-hydrogen) atoms. The molecule has 0 atom stereocenters. The number of rotatable bonds is 2. The van der Waals surface area contributed by atoms with Crippen LogP contribution in [0.2, 0.25) is 0 Å². The number of aromatic nitrogens is 3. The summed E-state index contributed by atoms with van der Waals surface area (Å²) in [5.74, 6) is 0.658. The second-order valence-corrected chi connectivity index (χ2v) is 2.68. The SMILES string of the molecule is Nc1cnccc1Nc1cnccn1. The molecule has 0 aliphatic rings. The Hall–Kier alpha value is -2.17. The van der Waals surface area contributed by atoms with Crippen molar-refractivity contribution < 1.29 is 0 Å². The molecule has 5 heteroatoms. The zero-order valence-corrected chi connectivity index (χ0v) is 7.38. The Balaban J connectivity index is 2.24. The molecule has 70 valence electrons. The molecule has 2 rings (SSSR count).